The molecule has 7 heteroatoms. The quantitative estimate of drug-likeness (QED) is 0.358. The number of thiophene rings is 1. The van der Waals surface area contributed by atoms with Crippen LogP contribution in [0.25, 0.3) is 15.9 Å². The van der Waals surface area contributed by atoms with E-state index >= 15 is 0 Å². The molecule has 0 aliphatic heterocycles. The molecule has 0 spiro atoms. The lowest BCUT2D eigenvalue weighted by molar-refractivity contribution is -0.120. The Hall–Kier alpha value is -2.90. The van der Waals surface area contributed by atoms with Gasteiger partial charge in [0.1, 0.15) is 10.1 Å². The van der Waals surface area contributed by atoms with Crippen LogP contribution in [-0.4, -0.2) is 21.5 Å². The summed E-state index contributed by atoms with van der Waals surface area (Å²) in [6.45, 7) is 0. The van der Waals surface area contributed by atoms with Crippen molar-refractivity contribution in [2.24, 2.45) is 0 Å². The molecule has 4 aromatic rings. The second kappa shape index (κ2) is 8.08. The smallest absolute Gasteiger partial charge is 0.267 e. The third-order valence-electron chi connectivity index (χ3n) is 4.97. The molecular weight excluding hydrogens is 414 g/mol. The molecule has 2 aromatic carbocycles. The molecule has 1 aliphatic carbocycles. The minimum atomic E-state index is -0.494. The normalized spacial score (nSPS) is 14.5. The van der Waals surface area contributed by atoms with Gasteiger partial charge in [-0.15, -0.1) is 11.3 Å². The summed E-state index contributed by atoms with van der Waals surface area (Å²) in [4.78, 5) is 31.9. The maximum atomic E-state index is 13.3. The van der Waals surface area contributed by atoms with E-state index in [1.165, 1.54) is 23.1 Å². The van der Waals surface area contributed by atoms with Crippen molar-refractivity contribution in [3.8, 4) is 5.69 Å². The monoisotopic (exact) mass is 433 g/mol. The van der Waals surface area contributed by atoms with Gasteiger partial charge in [-0.2, -0.15) is 0 Å². The SMILES string of the molecule is O=C(NC1CC1)[C@@H](Sc1nc2sccc2c(=O)n1-c1ccccc1)c1ccccc1. The van der Waals surface area contributed by atoms with Crippen LogP contribution in [0.4, 0.5) is 0 Å². The zero-order valence-electron chi connectivity index (χ0n) is 16.0. The van der Waals surface area contributed by atoms with E-state index in [1.54, 1.807) is 10.6 Å². The van der Waals surface area contributed by atoms with Crippen molar-refractivity contribution in [1.82, 2.24) is 14.9 Å². The highest BCUT2D eigenvalue weighted by molar-refractivity contribution is 8.00. The summed E-state index contributed by atoms with van der Waals surface area (Å²) in [5.74, 6) is -0.0474. The van der Waals surface area contributed by atoms with Gasteiger partial charge in [0.15, 0.2) is 5.16 Å². The zero-order chi connectivity index (χ0) is 20.5. The van der Waals surface area contributed by atoms with Crippen molar-refractivity contribution in [1.29, 1.82) is 0 Å². The highest BCUT2D eigenvalue weighted by atomic mass is 32.2. The molecule has 1 N–H and O–H groups in total. The Morgan fingerprint density at radius 3 is 2.47 bits per heavy atom. The van der Waals surface area contributed by atoms with Gasteiger partial charge in [0.05, 0.1) is 11.1 Å². The number of carbonyl (C=O) groups is 1. The highest BCUT2D eigenvalue weighted by Gasteiger charge is 2.30. The molecule has 1 amide bonds. The van der Waals surface area contributed by atoms with Gasteiger partial charge in [-0.3, -0.25) is 14.2 Å². The molecule has 0 radical (unpaired) electrons. The summed E-state index contributed by atoms with van der Waals surface area (Å²) in [6.07, 6.45) is 2.04. The molecule has 1 saturated carbocycles. The Morgan fingerprint density at radius 2 is 1.77 bits per heavy atom. The predicted molar refractivity (Wildman–Crippen MR) is 121 cm³/mol. The van der Waals surface area contributed by atoms with Gasteiger partial charge in [0.2, 0.25) is 5.91 Å². The van der Waals surface area contributed by atoms with Crippen LogP contribution in [0.5, 0.6) is 0 Å². The number of aromatic nitrogens is 2. The molecule has 5 nitrogen and oxygen atoms in total. The van der Waals surface area contributed by atoms with Crippen LogP contribution < -0.4 is 10.9 Å². The number of rotatable bonds is 6. The first-order valence-corrected chi connectivity index (χ1v) is 11.5. The molecule has 1 fully saturated rings. The first kappa shape index (κ1) is 19.1. The lowest BCUT2D eigenvalue weighted by atomic mass is 10.1. The minimum Gasteiger partial charge on any atom is -0.352 e. The second-order valence-corrected chi connectivity index (χ2v) is 9.17. The number of hydrogen-bond donors (Lipinski definition) is 1. The van der Waals surface area contributed by atoms with Crippen molar-refractivity contribution >= 4 is 39.2 Å². The topological polar surface area (TPSA) is 64.0 Å². The fraction of sp³-hybridized carbons (Fsp3) is 0.174. The number of amides is 1. The molecule has 0 unspecified atom stereocenters. The molecule has 1 aliphatic rings. The van der Waals surface area contributed by atoms with Gasteiger partial charge in [-0.25, -0.2) is 4.98 Å². The number of hydrogen-bond acceptors (Lipinski definition) is 5. The fourth-order valence-corrected chi connectivity index (χ4v) is 5.22. The summed E-state index contributed by atoms with van der Waals surface area (Å²) >= 11 is 2.75. The van der Waals surface area contributed by atoms with Crippen LogP contribution in [0.15, 0.2) is 82.1 Å². The van der Waals surface area contributed by atoms with Crippen LogP contribution in [0.1, 0.15) is 23.7 Å². The van der Waals surface area contributed by atoms with E-state index in [2.05, 4.69) is 5.32 Å². The van der Waals surface area contributed by atoms with E-state index in [4.69, 9.17) is 4.98 Å². The molecule has 30 heavy (non-hydrogen) atoms. The third-order valence-corrected chi connectivity index (χ3v) is 6.98. The van der Waals surface area contributed by atoms with Crippen LogP contribution in [-0.2, 0) is 4.79 Å². The van der Waals surface area contributed by atoms with E-state index in [0.717, 1.165) is 24.1 Å². The number of nitrogens with zero attached hydrogens (tertiary/aromatic N) is 2. The maximum absolute atomic E-state index is 13.3. The standard InChI is InChI=1S/C23H19N3O2S2/c27-20(24-16-11-12-16)19(15-7-3-1-4-8-15)30-23-25-21-18(13-14-29-21)22(28)26(23)17-9-5-2-6-10-17/h1-10,13-14,16,19H,11-12H2,(H,24,27)/t19-/m0/s1. The van der Waals surface area contributed by atoms with Crippen molar-refractivity contribution < 1.29 is 4.79 Å². The molecule has 2 aromatic heterocycles. The highest BCUT2D eigenvalue weighted by Crippen LogP contribution is 2.37. The molecule has 2 heterocycles. The van der Waals surface area contributed by atoms with E-state index in [-0.39, 0.29) is 17.5 Å². The lowest BCUT2D eigenvalue weighted by Crippen LogP contribution is -2.30. The van der Waals surface area contributed by atoms with Crippen molar-refractivity contribution in [2.75, 3.05) is 0 Å². The van der Waals surface area contributed by atoms with Crippen LogP contribution in [0.3, 0.4) is 0 Å². The Kier molecular flexibility index (Phi) is 5.14. The maximum Gasteiger partial charge on any atom is 0.267 e. The van der Waals surface area contributed by atoms with Crippen LogP contribution >= 0.6 is 23.1 Å². The molecule has 0 saturated heterocycles. The van der Waals surface area contributed by atoms with Gasteiger partial charge in [0, 0.05) is 6.04 Å². The summed E-state index contributed by atoms with van der Waals surface area (Å²) in [5.41, 5.74) is 1.50. The average Bonchev–Trinajstić information content (AvgIpc) is 3.46. The van der Waals surface area contributed by atoms with Gasteiger partial charge < -0.3 is 5.32 Å². The van der Waals surface area contributed by atoms with Gasteiger partial charge in [-0.05, 0) is 42.0 Å². The molecule has 150 valence electrons. The molecule has 5 rings (SSSR count). The van der Waals surface area contributed by atoms with Crippen molar-refractivity contribution in [3.05, 3.63) is 88.0 Å². The zero-order valence-corrected chi connectivity index (χ0v) is 17.7. The van der Waals surface area contributed by atoms with E-state index in [0.29, 0.717) is 15.4 Å². The summed E-state index contributed by atoms with van der Waals surface area (Å²) in [7, 11) is 0. The van der Waals surface area contributed by atoms with E-state index in [9.17, 15) is 9.59 Å². The number of fused-ring (bicyclic) bond motifs is 1. The molecule has 1 atom stereocenters. The predicted octanol–water partition coefficient (Wildman–Crippen LogP) is 4.56. The molecular formula is C23H19N3O2S2. The van der Waals surface area contributed by atoms with Crippen molar-refractivity contribution in [3.63, 3.8) is 0 Å². The number of thioether (sulfide) groups is 1. The number of nitrogens with one attached hydrogen (secondary N) is 1. The van der Waals surface area contributed by atoms with E-state index in [1.807, 2.05) is 66.0 Å². The fourth-order valence-electron chi connectivity index (χ4n) is 3.29. The number of carbonyl (C=O) groups excluding carboxylic acids is 1. The third kappa shape index (κ3) is 3.78. The summed E-state index contributed by atoms with van der Waals surface area (Å²) in [5, 5.41) is 5.59. The summed E-state index contributed by atoms with van der Waals surface area (Å²) < 4.78 is 1.61. The largest absolute Gasteiger partial charge is 0.352 e. The minimum absolute atomic E-state index is 0.0474. The Labute approximate surface area is 181 Å². The van der Waals surface area contributed by atoms with E-state index < -0.39 is 5.25 Å². The van der Waals surface area contributed by atoms with Gasteiger partial charge in [-0.1, -0.05) is 60.3 Å². The van der Waals surface area contributed by atoms with Gasteiger partial charge >= 0.3 is 0 Å². The number of para-hydroxylation sites is 1. The lowest BCUT2D eigenvalue weighted by Gasteiger charge is -2.19. The number of benzene rings is 2. The van der Waals surface area contributed by atoms with Gasteiger partial charge in [0.25, 0.3) is 5.56 Å². The average molecular weight is 434 g/mol. The Bertz CT molecular complexity index is 1250. The molecule has 0 bridgehead atoms. The second-order valence-electron chi connectivity index (χ2n) is 7.20. The first-order valence-electron chi connectivity index (χ1n) is 9.78. The van der Waals surface area contributed by atoms with Crippen LogP contribution in [0.2, 0.25) is 0 Å². The van der Waals surface area contributed by atoms with Crippen molar-refractivity contribution in [2.45, 2.75) is 29.3 Å². The first-order chi connectivity index (χ1) is 14.7. The Morgan fingerprint density at radius 1 is 1.07 bits per heavy atom. The van der Waals surface area contributed by atoms with Crippen LogP contribution in [0, 0.1) is 0 Å². The summed E-state index contributed by atoms with van der Waals surface area (Å²) in [6, 6.07) is 21.2. The Balaban J connectivity index is 1.63.